The number of fused-ring (bicyclic) bond motifs is 3. The summed E-state index contributed by atoms with van der Waals surface area (Å²) in [7, 11) is 2.22. The molecule has 1 spiro atoms. The molecule has 4 saturated heterocycles. The van der Waals surface area contributed by atoms with Gasteiger partial charge in [-0.25, -0.2) is 4.98 Å². The molecule has 1 aromatic carbocycles. The van der Waals surface area contributed by atoms with E-state index in [1.54, 1.807) is 0 Å². The van der Waals surface area contributed by atoms with Gasteiger partial charge < -0.3 is 14.7 Å². The second-order valence-corrected chi connectivity index (χ2v) is 11.8. The van der Waals surface area contributed by atoms with Crippen LogP contribution in [0.3, 0.4) is 0 Å². The predicted octanol–water partition coefficient (Wildman–Crippen LogP) is 2.71. The number of aryl methyl sites for hydroxylation is 1. The molecule has 4 fully saturated rings. The zero-order valence-corrected chi connectivity index (χ0v) is 22.5. The van der Waals surface area contributed by atoms with Crippen LogP contribution in [0.15, 0.2) is 31.0 Å². The fourth-order valence-corrected chi connectivity index (χ4v) is 7.23. The minimum atomic E-state index is -0.0169. The van der Waals surface area contributed by atoms with Crippen molar-refractivity contribution in [3.63, 3.8) is 0 Å². The zero-order chi connectivity index (χ0) is 26.9. The first-order valence-corrected chi connectivity index (χ1v) is 13.8. The number of carbonyl (C=O) groups is 1. The summed E-state index contributed by atoms with van der Waals surface area (Å²) in [5.41, 5.74) is 4.10. The third kappa shape index (κ3) is 3.71. The lowest BCUT2D eigenvalue weighted by molar-refractivity contribution is -0.136. The lowest BCUT2D eigenvalue weighted by Gasteiger charge is -2.47. The van der Waals surface area contributed by atoms with Gasteiger partial charge in [0.1, 0.15) is 11.6 Å². The Morgan fingerprint density at radius 3 is 2.67 bits per heavy atom. The Balaban J connectivity index is 1.33. The molecular formula is C29H33N9O. The maximum atomic E-state index is 12.1. The number of anilines is 2. The topological polar surface area (TPSA) is 108 Å². The summed E-state index contributed by atoms with van der Waals surface area (Å²) >= 11 is 0. The van der Waals surface area contributed by atoms with Gasteiger partial charge in [-0.2, -0.15) is 15.3 Å². The van der Waals surface area contributed by atoms with Crippen LogP contribution in [0.25, 0.3) is 22.2 Å². The normalized spacial score (nSPS) is 23.9. The average Bonchev–Trinajstić information content (AvgIpc) is 3.62. The second-order valence-electron chi connectivity index (χ2n) is 11.8. The number of nitrogens with zero attached hydrogens (tertiary/aromatic N) is 8. The summed E-state index contributed by atoms with van der Waals surface area (Å²) in [5, 5.41) is 18.9. The molecule has 3 aromatic rings. The van der Waals surface area contributed by atoms with Crippen molar-refractivity contribution in [1.29, 1.82) is 5.26 Å². The highest BCUT2D eigenvalue weighted by molar-refractivity contribution is 5.97. The van der Waals surface area contributed by atoms with Crippen LogP contribution in [-0.2, 0) is 4.79 Å². The van der Waals surface area contributed by atoms with Crippen molar-refractivity contribution in [1.82, 2.24) is 30.0 Å². The number of hydrogen-bond acceptors (Lipinski definition) is 8. The molecule has 6 heterocycles. The summed E-state index contributed by atoms with van der Waals surface area (Å²) in [6.45, 7) is 10.5. The van der Waals surface area contributed by atoms with Crippen LogP contribution in [0, 0.1) is 23.7 Å². The summed E-state index contributed by atoms with van der Waals surface area (Å²) in [5.74, 6) is 1.38. The van der Waals surface area contributed by atoms with Crippen LogP contribution >= 0.6 is 0 Å². The maximum absolute atomic E-state index is 12.1. The van der Waals surface area contributed by atoms with Gasteiger partial charge in [-0.1, -0.05) is 12.6 Å². The van der Waals surface area contributed by atoms with Crippen molar-refractivity contribution in [3.05, 3.63) is 42.1 Å². The zero-order valence-electron chi connectivity index (χ0n) is 22.5. The van der Waals surface area contributed by atoms with Crippen LogP contribution in [-0.4, -0.2) is 94.3 Å². The van der Waals surface area contributed by atoms with E-state index in [1.165, 1.54) is 18.9 Å². The molecule has 2 bridgehead atoms. The number of likely N-dealkylation sites (N-methyl/N-ethyl adjacent to an activating group) is 1. The molecule has 200 valence electrons. The van der Waals surface area contributed by atoms with Crippen molar-refractivity contribution in [2.75, 3.05) is 56.1 Å². The number of piperazine rings is 1. The number of likely N-dealkylation sites (tertiary alicyclic amines) is 1. The van der Waals surface area contributed by atoms with E-state index < -0.39 is 0 Å². The maximum Gasteiger partial charge on any atom is 0.245 e. The van der Waals surface area contributed by atoms with Crippen LogP contribution in [0.4, 0.5) is 11.8 Å². The number of aromatic amines is 1. The van der Waals surface area contributed by atoms with E-state index in [2.05, 4.69) is 57.6 Å². The monoisotopic (exact) mass is 523 g/mol. The standard InChI is InChI=1S/C29H33N9O/c1-4-24(39)38-16-29(17-38)9-10-36(15-29)27-21(11-30)26(25-18(2)5-8-23-22(25)12-31-34-23)32-28(33-27)37-13-19-6-7-20(14-37)35(19)3/h4-5,8,12,19-20H,1,6-7,9-10,13-17H2,2-3H3,(H,31,34). The molecule has 2 atom stereocenters. The number of nitrogens with one attached hydrogen (secondary N) is 1. The van der Waals surface area contributed by atoms with Crippen molar-refractivity contribution in [2.45, 2.75) is 38.3 Å². The molecule has 4 aliphatic rings. The van der Waals surface area contributed by atoms with Gasteiger partial charge in [-0.3, -0.25) is 14.8 Å². The van der Waals surface area contributed by atoms with Crippen molar-refractivity contribution in [2.24, 2.45) is 5.41 Å². The number of hydrogen-bond donors (Lipinski definition) is 1. The highest BCUT2D eigenvalue weighted by atomic mass is 16.2. The van der Waals surface area contributed by atoms with E-state index in [-0.39, 0.29) is 11.3 Å². The average molecular weight is 524 g/mol. The van der Waals surface area contributed by atoms with E-state index >= 15 is 0 Å². The quantitative estimate of drug-likeness (QED) is 0.520. The van der Waals surface area contributed by atoms with Crippen LogP contribution < -0.4 is 9.80 Å². The largest absolute Gasteiger partial charge is 0.355 e. The first-order valence-electron chi connectivity index (χ1n) is 13.8. The molecular weight excluding hydrogens is 490 g/mol. The van der Waals surface area contributed by atoms with E-state index in [0.717, 1.165) is 67.7 Å². The Bertz CT molecular complexity index is 1520. The molecule has 0 aliphatic carbocycles. The Labute approximate surface area is 227 Å². The van der Waals surface area contributed by atoms with Gasteiger partial charge in [0.05, 0.1) is 17.4 Å². The molecule has 4 aliphatic heterocycles. The molecule has 0 radical (unpaired) electrons. The van der Waals surface area contributed by atoms with Crippen LogP contribution in [0.1, 0.15) is 30.4 Å². The fourth-order valence-electron chi connectivity index (χ4n) is 7.23. The minimum Gasteiger partial charge on any atom is -0.355 e. The first-order chi connectivity index (χ1) is 18.9. The summed E-state index contributed by atoms with van der Waals surface area (Å²) in [6, 6.07) is 7.55. The molecule has 39 heavy (non-hydrogen) atoms. The SMILES string of the molecule is C=CC(=O)N1CC2(CCN(c3nc(N4CC5CCC(C4)N5C)nc(-c4c(C)ccc5[nH]ncc45)c3C#N)C2)C1. The summed E-state index contributed by atoms with van der Waals surface area (Å²) < 4.78 is 0. The number of H-pyrrole nitrogens is 1. The Morgan fingerprint density at radius 1 is 1.18 bits per heavy atom. The highest BCUT2D eigenvalue weighted by Gasteiger charge is 2.49. The van der Waals surface area contributed by atoms with Gasteiger partial charge in [0.15, 0.2) is 5.82 Å². The third-order valence-corrected chi connectivity index (χ3v) is 9.47. The van der Waals surface area contributed by atoms with E-state index in [0.29, 0.717) is 35.1 Å². The first kappa shape index (κ1) is 24.1. The van der Waals surface area contributed by atoms with Gasteiger partial charge >= 0.3 is 0 Å². The van der Waals surface area contributed by atoms with Gasteiger partial charge in [0.2, 0.25) is 11.9 Å². The van der Waals surface area contributed by atoms with Crippen molar-refractivity contribution in [3.8, 4) is 17.3 Å². The van der Waals surface area contributed by atoms with E-state index in [9.17, 15) is 10.1 Å². The number of aromatic nitrogens is 4. The number of rotatable bonds is 4. The van der Waals surface area contributed by atoms with Gasteiger partial charge in [0, 0.05) is 67.7 Å². The Morgan fingerprint density at radius 2 is 1.95 bits per heavy atom. The lowest BCUT2D eigenvalue weighted by atomic mass is 9.79. The molecule has 2 unspecified atom stereocenters. The fraction of sp³-hybridized carbons (Fsp3) is 0.483. The molecule has 7 rings (SSSR count). The van der Waals surface area contributed by atoms with Gasteiger partial charge in [-0.05, 0) is 50.9 Å². The number of amides is 1. The molecule has 10 nitrogen and oxygen atoms in total. The van der Waals surface area contributed by atoms with Crippen LogP contribution in [0.5, 0.6) is 0 Å². The van der Waals surface area contributed by atoms with Gasteiger partial charge in [-0.15, -0.1) is 0 Å². The molecule has 1 N–H and O–H groups in total. The minimum absolute atomic E-state index is 0.0169. The number of carbonyl (C=O) groups excluding carboxylic acids is 1. The van der Waals surface area contributed by atoms with Gasteiger partial charge in [0.25, 0.3) is 0 Å². The lowest BCUT2D eigenvalue weighted by Crippen LogP contribution is -2.59. The Hall–Kier alpha value is -3.97. The van der Waals surface area contributed by atoms with Crippen molar-refractivity contribution >= 4 is 28.6 Å². The highest BCUT2D eigenvalue weighted by Crippen LogP contribution is 2.44. The molecule has 0 saturated carbocycles. The van der Waals surface area contributed by atoms with Crippen molar-refractivity contribution < 1.29 is 4.79 Å². The summed E-state index contributed by atoms with van der Waals surface area (Å²) in [6.07, 6.45) is 6.55. The number of benzene rings is 1. The molecule has 10 heteroatoms. The van der Waals surface area contributed by atoms with E-state index in [4.69, 9.17) is 9.97 Å². The predicted molar refractivity (Wildman–Crippen MR) is 149 cm³/mol. The van der Waals surface area contributed by atoms with E-state index in [1.807, 2.05) is 17.2 Å². The Kier molecular flexibility index (Phi) is 5.42. The smallest absolute Gasteiger partial charge is 0.245 e. The second kappa shape index (κ2) is 8.78. The molecule has 2 aromatic heterocycles. The third-order valence-electron chi connectivity index (χ3n) is 9.47. The van der Waals surface area contributed by atoms with Crippen LogP contribution in [0.2, 0.25) is 0 Å². The molecule has 1 amide bonds. The number of nitriles is 1. The summed E-state index contributed by atoms with van der Waals surface area (Å²) in [4.78, 5) is 31.3.